The third-order valence-corrected chi connectivity index (χ3v) is 15.7. The smallest absolute Gasteiger partial charge is 0.128 e. The molecule has 4 fully saturated rings. The quantitative estimate of drug-likeness (QED) is 0.206. The SMILES string of the molecule is C[C@@H]1CN(c2ccc(C#N)c3nccnc23)C[C@H](CN2CCN(c3cc4c(cn3)[C@@H](C)NCC4)CC2)O1.C[C@@H]1CN(c2ccc(C#N)c3nccnc23)C[C@H](CN2CCN(c3cc4c(cn3)[C@H](C)NCC4)CC2)O1. The summed E-state index contributed by atoms with van der Waals surface area (Å²) in [5.74, 6) is 2.21. The molecule has 2 aromatic carbocycles. The van der Waals surface area contributed by atoms with Gasteiger partial charge in [-0.1, -0.05) is 0 Å². The van der Waals surface area contributed by atoms with Crippen LogP contribution in [0.2, 0.25) is 0 Å². The number of morpholine rings is 2. The minimum atomic E-state index is 0.105. The van der Waals surface area contributed by atoms with Gasteiger partial charge in [0.05, 0.1) is 46.9 Å². The first-order valence-corrected chi connectivity index (χ1v) is 26.7. The topological polar surface area (TPSA) is 187 Å². The summed E-state index contributed by atoms with van der Waals surface area (Å²) >= 11 is 0. The van der Waals surface area contributed by atoms with E-state index in [0.717, 1.165) is 152 Å². The first-order valence-electron chi connectivity index (χ1n) is 26.7. The van der Waals surface area contributed by atoms with E-state index in [4.69, 9.17) is 19.4 Å². The summed E-state index contributed by atoms with van der Waals surface area (Å²) in [5.41, 5.74) is 11.6. The molecule has 18 nitrogen and oxygen atoms in total. The summed E-state index contributed by atoms with van der Waals surface area (Å²) in [6.45, 7) is 23.6. The molecule has 0 spiro atoms. The van der Waals surface area contributed by atoms with Gasteiger partial charge in [-0.25, -0.2) is 9.97 Å². The molecule has 12 rings (SSSR count). The van der Waals surface area contributed by atoms with Gasteiger partial charge in [0.15, 0.2) is 0 Å². The number of piperazine rings is 2. The van der Waals surface area contributed by atoms with E-state index in [9.17, 15) is 10.5 Å². The Morgan fingerprint density at radius 3 is 1.32 bits per heavy atom. The largest absolute Gasteiger partial charge is 0.370 e. The third kappa shape index (κ3) is 10.7. The molecule has 4 aromatic heterocycles. The lowest BCUT2D eigenvalue weighted by Crippen LogP contribution is -2.54. The van der Waals surface area contributed by atoms with Crippen LogP contribution in [0.4, 0.5) is 23.0 Å². The number of aromatic nitrogens is 6. The summed E-state index contributed by atoms with van der Waals surface area (Å²) in [7, 11) is 0. The zero-order valence-electron chi connectivity index (χ0n) is 43.2. The fourth-order valence-electron chi connectivity index (χ4n) is 12.0. The van der Waals surface area contributed by atoms with E-state index in [0.29, 0.717) is 34.2 Å². The van der Waals surface area contributed by atoms with Gasteiger partial charge in [-0.2, -0.15) is 10.5 Å². The zero-order chi connectivity index (χ0) is 50.7. The highest BCUT2D eigenvalue weighted by Gasteiger charge is 2.32. The van der Waals surface area contributed by atoms with Crippen LogP contribution in [-0.4, -0.2) is 169 Å². The van der Waals surface area contributed by atoms with Crippen molar-refractivity contribution >= 4 is 45.1 Å². The molecule has 0 saturated carbocycles. The number of fused-ring (bicyclic) bond motifs is 4. The van der Waals surface area contributed by atoms with Gasteiger partial charge in [-0.05, 0) is 112 Å². The van der Waals surface area contributed by atoms with Gasteiger partial charge in [-0.15, -0.1) is 0 Å². The highest BCUT2D eigenvalue weighted by molar-refractivity contribution is 5.93. The Balaban J connectivity index is 0.000000159. The molecule has 0 aliphatic carbocycles. The molecule has 6 aromatic rings. The number of ether oxygens (including phenoxy) is 2. The predicted molar refractivity (Wildman–Crippen MR) is 288 cm³/mol. The fourth-order valence-corrected chi connectivity index (χ4v) is 12.0. The van der Waals surface area contributed by atoms with Crippen LogP contribution >= 0.6 is 0 Å². The third-order valence-electron chi connectivity index (χ3n) is 15.7. The van der Waals surface area contributed by atoms with Crippen molar-refractivity contribution in [3.8, 4) is 12.1 Å². The van der Waals surface area contributed by atoms with Crippen LogP contribution in [0.25, 0.3) is 22.1 Å². The standard InChI is InChI=1S/2C28H34N8O/c2*1-19-16-36(25-4-3-22(14-29)27-28(25)32-8-7-31-27)18-23(37-19)17-34-9-11-35(12-10-34)26-13-21-5-6-30-20(2)24(21)15-33-26/h2*3-4,7-8,13,15,19-20,23,30H,5-6,9-12,16-18H2,1-2H3/t19-,20+,23+;19-,20-,23+/m11/s1. The molecule has 74 heavy (non-hydrogen) atoms. The lowest BCUT2D eigenvalue weighted by Gasteiger charge is -2.42. The molecule has 10 heterocycles. The van der Waals surface area contributed by atoms with Crippen molar-refractivity contribution < 1.29 is 9.47 Å². The molecule has 0 unspecified atom stereocenters. The number of benzene rings is 2. The highest BCUT2D eigenvalue weighted by atomic mass is 16.5. The summed E-state index contributed by atoms with van der Waals surface area (Å²) in [5, 5.41) is 26.0. The number of hydrogen-bond donors (Lipinski definition) is 2. The first-order chi connectivity index (χ1) is 36.2. The number of pyridine rings is 2. The van der Waals surface area contributed by atoms with Crippen LogP contribution in [0.5, 0.6) is 0 Å². The average Bonchev–Trinajstić information content (AvgIpc) is 3.42. The highest BCUT2D eigenvalue weighted by Crippen LogP contribution is 2.32. The van der Waals surface area contributed by atoms with Gasteiger partial charge in [0.1, 0.15) is 45.8 Å². The van der Waals surface area contributed by atoms with E-state index in [1.807, 2.05) is 24.3 Å². The second kappa shape index (κ2) is 22.1. The Bertz CT molecular complexity index is 2830. The van der Waals surface area contributed by atoms with Gasteiger partial charge < -0.3 is 39.7 Å². The summed E-state index contributed by atoms with van der Waals surface area (Å²) in [6.07, 6.45) is 13.4. The Hall–Kier alpha value is -6.64. The van der Waals surface area contributed by atoms with Gasteiger partial charge in [-0.3, -0.25) is 29.7 Å². The normalized spacial score (nSPS) is 24.6. The number of nitriles is 2. The van der Waals surface area contributed by atoms with Crippen molar-refractivity contribution in [2.24, 2.45) is 0 Å². The number of anilines is 4. The zero-order valence-corrected chi connectivity index (χ0v) is 43.2. The monoisotopic (exact) mass is 997 g/mol. The van der Waals surface area contributed by atoms with Crippen molar-refractivity contribution in [3.63, 3.8) is 0 Å². The molecule has 4 saturated heterocycles. The second-order valence-electron chi connectivity index (χ2n) is 20.9. The Labute approximate surface area is 434 Å². The van der Waals surface area contributed by atoms with Crippen LogP contribution in [-0.2, 0) is 22.3 Å². The van der Waals surface area contributed by atoms with E-state index in [2.05, 4.69) is 124 Å². The minimum Gasteiger partial charge on any atom is -0.370 e. The van der Waals surface area contributed by atoms with E-state index in [1.165, 1.54) is 22.3 Å². The Morgan fingerprint density at radius 1 is 0.514 bits per heavy atom. The summed E-state index contributed by atoms with van der Waals surface area (Å²) < 4.78 is 12.8. The molecule has 0 amide bonds. The van der Waals surface area contributed by atoms with Crippen LogP contribution < -0.4 is 30.2 Å². The number of hydrogen-bond acceptors (Lipinski definition) is 18. The number of nitrogens with zero attached hydrogens (tertiary/aromatic N) is 14. The predicted octanol–water partition coefficient (Wildman–Crippen LogP) is 5.04. The van der Waals surface area contributed by atoms with Crippen LogP contribution in [0, 0.1) is 22.7 Å². The average molecular weight is 997 g/mol. The maximum Gasteiger partial charge on any atom is 0.128 e. The molecule has 0 bridgehead atoms. The van der Waals surface area contributed by atoms with E-state index in [1.54, 1.807) is 24.8 Å². The lowest BCUT2D eigenvalue weighted by atomic mass is 9.97. The Kier molecular flexibility index (Phi) is 14.8. The number of rotatable bonds is 8. The maximum atomic E-state index is 9.49. The van der Waals surface area contributed by atoms with Crippen LogP contribution in [0.1, 0.15) is 73.2 Å². The summed E-state index contributed by atoms with van der Waals surface area (Å²) in [4.78, 5) is 42.2. The fraction of sp³-hybridized carbons (Fsp3) is 0.500. The van der Waals surface area contributed by atoms with Crippen molar-refractivity contribution in [3.05, 3.63) is 107 Å². The molecule has 6 aliphatic rings. The van der Waals surface area contributed by atoms with Crippen LogP contribution in [0.15, 0.2) is 73.6 Å². The van der Waals surface area contributed by atoms with E-state index < -0.39 is 0 Å². The lowest BCUT2D eigenvalue weighted by molar-refractivity contribution is -0.0329. The van der Waals surface area contributed by atoms with E-state index in [-0.39, 0.29) is 24.4 Å². The van der Waals surface area contributed by atoms with Crippen molar-refractivity contribution in [1.29, 1.82) is 10.5 Å². The molecular formula is C56H68N16O2. The van der Waals surface area contributed by atoms with Gasteiger partial charge in [0, 0.05) is 141 Å². The molecule has 18 heteroatoms. The van der Waals surface area contributed by atoms with Gasteiger partial charge in [0.25, 0.3) is 0 Å². The van der Waals surface area contributed by atoms with Crippen molar-refractivity contribution in [2.45, 2.75) is 77.0 Å². The second-order valence-corrected chi connectivity index (χ2v) is 20.9. The molecular weight excluding hydrogens is 929 g/mol. The van der Waals surface area contributed by atoms with Crippen LogP contribution in [0.3, 0.4) is 0 Å². The minimum absolute atomic E-state index is 0.105. The summed E-state index contributed by atoms with van der Waals surface area (Å²) in [6, 6.07) is 17.6. The molecule has 0 radical (unpaired) electrons. The molecule has 6 aliphatic heterocycles. The van der Waals surface area contributed by atoms with Crippen molar-refractivity contribution in [1.82, 2.24) is 50.3 Å². The van der Waals surface area contributed by atoms with E-state index >= 15 is 0 Å². The first kappa shape index (κ1) is 49.6. The van der Waals surface area contributed by atoms with Gasteiger partial charge in [0.2, 0.25) is 0 Å². The maximum absolute atomic E-state index is 9.49. The number of nitrogens with one attached hydrogen (secondary N) is 2. The molecule has 2 N–H and O–H groups in total. The molecule has 384 valence electrons. The van der Waals surface area contributed by atoms with Gasteiger partial charge >= 0.3 is 0 Å². The Morgan fingerprint density at radius 2 is 0.919 bits per heavy atom. The molecule has 6 atom stereocenters. The van der Waals surface area contributed by atoms with Crippen molar-refractivity contribution in [2.75, 3.05) is 124 Å².